The molecule has 0 unspecified atom stereocenters. The predicted octanol–water partition coefficient (Wildman–Crippen LogP) is 6.28. The van der Waals surface area contributed by atoms with E-state index < -0.39 is 5.97 Å². The Bertz CT molecular complexity index is 1300. The summed E-state index contributed by atoms with van der Waals surface area (Å²) >= 11 is 0. The number of carbonyl (C=O) groups is 2. The zero-order valence-electron chi connectivity index (χ0n) is 21.6. The molecule has 1 aliphatic heterocycles. The summed E-state index contributed by atoms with van der Waals surface area (Å²) in [6.07, 6.45) is 5.17. The number of hydrogen-bond acceptors (Lipinski definition) is 5. The minimum Gasteiger partial charge on any atom is -0.478 e. The quantitative estimate of drug-likeness (QED) is 0.250. The van der Waals surface area contributed by atoms with Crippen molar-refractivity contribution in [2.45, 2.75) is 46.5 Å². The van der Waals surface area contributed by atoms with E-state index in [4.69, 9.17) is 10.8 Å². The normalized spacial score (nSPS) is 13.7. The molecule has 192 valence electrons. The van der Waals surface area contributed by atoms with Crippen LogP contribution in [0.4, 0.5) is 17.1 Å². The average Bonchev–Trinajstić information content (AvgIpc) is 3.23. The Morgan fingerprint density at radius 1 is 0.946 bits per heavy atom. The molecule has 0 atom stereocenters. The number of aryl methyl sites for hydroxylation is 2. The van der Waals surface area contributed by atoms with Gasteiger partial charge in [-0.05, 0) is 66.8 Å². The number of carbonyl (C=O) groups excluding carboxylic acids is 1. The lowest BCUT2D eigenvalue weighted by atomic mass is 10.1. The van der Waals surface area contributed by atoms with E-state index >= 15 is 0 Å². The van der Waals surface area contributed by atoms with Crippen molar-refractivity contribution in [2.75, 3.05) is 16.1 Å². The van der Waals surface area contributed by atoms with Gasteiger partial charge < -0.3 is 16.2 Å². The second-order valence-corrected chi connectivity index (χ2v) is 8.53. The number of para-hydroxylation sites is 2. The number of nitrogen functional groups attached to an aromatic ring is 1. The van der Waals surface area contributed by atoms with Gasteiger partial charge in [-0.1, -0.05) is 63.6 Å². The molecule has 3 aromatic carbocycles. The van der Waals surface area contributed by atoms with Gasteiger partial charge in [-0.2, -0.15) is 10.1 Å². The first-order valence-electron chi connectivity index (χ1n) is 12.5. The van der Waals surface area contributed by atoms with E-state index in [0.717, 1.165) is 36.3 Å². The molecular weight excluding hydrogens is 464 g/mol. The van der Waals surface area contributed by atoms with Gasteiger partial charge in [0.05, 0.1) is 22.5 Å². The summed E-state index contributed by atoms with van der Waals surface area (Å²) in [5.74, 6) is -1.23. The Morgan fingerprint density at radius 3 is 2.14 bits per heavy atom. The molecule has 0 saturated heterocycles. The van der Waals surface area contributed by atoms with Crippen LogP contribution in [-0.4, -0.2) is 22.7 Å². The zero-order valence-corrected chi connectivity index (χ0v) is 21.6. The van der Waals surface area contributed by atoms with Gasteiger partial charge in [0, 0.05) is 17.6 Å². The number of nitrogens with zero attached hydrogens (tertiary/aromatic N) is 2. The maximum Gasteiger partial charge on any atom is 0.335 e. The molecule has 1 heterocycles. The van der Waals surface area contributed by atoms with Crippen molar-refractivity contribution < 1.29 is 14.7 Å². The third-order valence-electron chi connectivity index (χ3n) is 6.01. The zero-order chi connectivity index (χ0) is 26.8. The number of aromatic carboxylic acids is 1. The molecular formula is C30H34N4O3. The molecule has 0 aromatic heterocycles. The number of nitrogens with one attached hydrogen (secondary N) is 1. The van der Waals surface area contributed by atoms with Crippen LogP contribution in [0.25, 0.3) is 0 Å². The van der Waals surface area contributed by atoms with Crippen molar-refractivity contribution in [1.82, 2.24) is 0 Å². The number of carboxylic acid groups (broad SMARTS) is 1. The standard InChI is InChI=1S/C22H23N3O3.C8H11N/c1-3-7-20-18(14-23-19-9-6-5-8-15(19)4-2)21(26)25(24-20)17-12-10-16(11-13-17)22(27)28;1-2-7-5-3-4-6-8(7)9/h5-6,8-14,23H,3-4,7H2,1-2H3,(H,27,28);3-6H,2,9H2,1H3/b18-14+;. The number of anilines is 3. The monoisotopic (exact) mass is 498 g/mol. The van der Waals surface area contributed by atoms with Crippen LogP contribution in [-0.2, 0) is 17.6 Å². The second-order valence-electron chi connectivity index (χ2n) is 8.53. The molecule has 0 radical (unpaired) electrons. The topological polar surface area (TPSA) is 108 Å². The van der Waals surface area contributed by atoms with Crippen molar-refractivity contribution in [1.29, 1.82) is 0 Å². The number of hydrazone groups is 1. The van der Waals surface area contributed by atoms with Crippen molar-refractivity contribution in [3.8, 4) is 0 Å². The fraction of sp³-hybridized carbons (Fsp3) is 0.233. The molecule has 0 aliphatic carbocycles. The second kappa shape index (κ2) is 13.1. The number of nitrogens with two attached hydrogens (primary N) is 1. The molecule has 1 aliphatic rings. The van der Waals surface area contributed by atoms with Crippen LogP contribution in [0.2, 0.25) is 0 Å². The van der Waals surface area contributed by atoms with Gasteiger partial charge >= 0.3 is 5.97 Å². The molecule has 0 spiro atoms. The lowest BCUT2D eigenvalue weighted by molar-refractivity contribution is -0.114. The molecule has 3 aromatic rings. The molecule has 1 amide bonds. The van der Waals surface area contributed by atoms with Crippen LogP contribution in [0, 0.1) is 0 Å². The maximum atomic E-state index is 13.0. The lowest BCUT2D eigenvalue weighted by Crippen LogP contribution is -2.22. The average molecular weight is 499 g/mol. The van der Waals surface area contributed by atoms with Crippen molar-refractivity contribution in [3.63, 3.8) is 0 Å². The van der Waals surface area contributed by atoms with Crippen molar-refractivity contribution in [2.24, 2.45) is 5.10 Å². The van der Waals surface area contributed by atoms with Gasteiger partial charge in [-0.25, -0.2) is 4.79 Å². The molecule has 7 nitrogen and oxygen atoms in total. The van der Waals surface area contributed by atoms with Gasteiger partial charge in [-0.15, -0.1) is 0 Å². The van der Waals surface area contributed by atoms with Gasteiger partial charge in [0.2, 0.25) is 0 Å². The number of hydrogen-bond donors (Lipinski definition) is 3. The van der Waals surface area contributed by atoms with Gasteiger partial charge in [0.25, 0.3) is 5.91 Å². The molecule has 0 bridgehead atoms. The first kappa shape index (κ1) is 27.2. The molecule has 7 heteroatoms. The van der Waals surface area contributed by atoms with Crippen LogP contribution in [0.1, 0.15) is 55.1 Å². The van der Waals surface area contributed by atoms with Crippen LogP contribution in [0.15, 0.2) is 89.7 Å². The first-order chi connectivity index (χ1) is 17.9. The van der Waals surface area contributed by atoms with Crippen molar-refractivity contribution >= 4 is 34.7 Å². The maximum absolute atomic E-state index is 13.0. The molecule has 4 rings (SSSR count). The summed E-state index contributed by atoms with van der Waals surface area (Å²) in [6.45, 7) is 6.22. The Balaban J connectivity index is 0.000000356. The summed E-state index contributed by atoms with van der Waals surface area (Å²) in [4.78, 5) is 24.0. The molecule has 4 N–H and O–H groups in total. The van der Waals surface area contributed by atoms with E-state index in [-0.39, 0.29) is 11.5 Å². The highest BCUT2D eigenvalue weighted by Gasteiger charge is 2.30. The van der Waals surface area contributed by atoms with E-state index in [2.05, 4.69) is 36.4 Å². The Labute approximate surface area is 218 Å². The fourth-order valence-corrected chi connectivity index (χ4v) is 3.92. The van der Waals surface area contributed by atoms with Crippen LogP contribution in [0.3, 0.4) is 0 Å². The lowest BCUT2D eigenvalue weighted by Gasteiger charge is -2.12. The van der Waals surface area contributed by atoms with Gasteiger partial charge in [-0.3, -0.25) is 4.79 Å². The summed E-state index contributed by atoms with van der Waals surface area (Å²) in [5, 5.41) is 18.1. The SMILES string of the molecule is CCCC1=NN(c2ccc(C(=O)O)cc2)C(=O)/C1=C/Nc1ccccc1CC.CCc1ccccc1N. The van der Waals surface area contributed by atoms with Gasteiger partial charge in [0.15, 0.2) is 0 Å². The third kappa shape index (κ3) is 6.85. The fourth-order valence-electron chi connectivity index (χ4n) is 3.92. The number of amides is 1. The smallest absolute Gasteiger partial charge is 0.335 e. The van der Waals surface area contributed by atoms with E-state index in [1.807, 2.05) is 43.3 Å². The van der Waals surface area contributed by atoms with Crippen LogP contribution in [0.5, 0.6) is 0 Å². The number of rotatable bonds is 8. The largest absolute Gasteiger partial charge is 0.478 e. The molecule has 0 fully saturated rings. The minimum absolute atomic E-state index is 0.168. The highest BCUT2D eigenvalue weighted by atomic mass is 16.4. The molecule has 37 heavy (non-hydrogen) atoms. The van der Waals surface area contributed by atoms with Crippen molar-refractivity contribution in [3.05, 3.63) is 101 Å². The minimum atomic E-state index is -1.01. The summed E-state index contributed by atoms with van der Waals surface area (Å²) in [5.41, 5.74) is 11.9. The molecule has 0 saturated carbocycles. The van der Waals surface area contributed by atoms with Gasteiger partial charge in [0.1, 0.15) is 0 Å². The third-order valence-corrected chi connectivity index (χ3v) is 6.01. The highest BCUT2D eigenvalue weighted by molar-refractivity contribution is 6.30. The van der Waals surface area contributed by atoms with E-state index in [1.165, 1.54) is 28.3 Å². The van der Waals surface area contributed by atoms with Crippen LogP contribution >= 0.6 is 0 Å². The highest BCUT2D eigenvalue weighted by Crippen LogP contribution is 2.26. The Kier molecular flexibility index (Phi) is 9.61. The van der Waals surface area contributed by atoms with E-state index in [0.29, 0.717) is 17.7 Å². The van der Waals surface area contributed by atoms with Crippen LogP contribution < -0.4 is 16.1 Å². The Morgan fingerprint density at radius 2 is 1.57 bits per heavy atom. The summed E-state index contributed by atoms with van der Waals surface area (Å²) in [6, 6.07) is 22.0. The van der Waals surface area contributed by atoms with E-state index in [9.17, 15) is 9.59 Å². The first-order valence-corrected chi connectivity index (χ1v) is 12.5. The number of carboxylic acids is 1. The summed E-state index contributed by atoms with van der Waals surface area (Å²) in [7, 11) is 0. The predicted molar refractivity (Wildman–Crippen MR) is 151 cm³/mol. The van der Waals surface area contributed by atoms with E-state index in [1.54, 1.807) is 18.3 Å². The number of benzene rings is 3. The Hall–Kier alpha value is -4.39. The summed E-state index contributed by atoms with van der Waals surface area (Å²) < 4.78 is 0.